The van der Waals surface area contributed by atoms with E-state index in [4.69, 9.17) is 9.47 Å². The molecule has 9 heteroatoms. The van der Waals surface area contributed by atoms with Gasteiger partial charge in [0.15, 0.2) is 0 Å². The van der Waals surface area contributed by atoms with Gasteiger partial charge in [0.2, 0.25) is 0 Å². The molecule has 0 saturated carbocycles. The zero-order valence-electron chi connectivity index (χ0n) is 22.2. The second kappa shape index (κ2) is 9.53. The molecule has 0 fully saturated rings. The molecule has 5 aromatic rings. The molecule has 2 heterocycles. The van der Waals surface area contributed by atoms with Gasteiger partial charge in [-0.2, -0.15) is 0 Å². The third-order valence-corrected chi connectivity index (χ3v) is 9.05. The van der Waals surface area contributed by atoms with Gasteiger partial charge in [0.25, 0.3) is 15.9 Å². The van der Waals surface area contributed by atoms with Gasteiger partial charge in [-0.25, -0.2) is 17.2 Å². The van der Waals surface area contributed by atoms with Gasteiger partial charge >= 0.3 is 5.97 Å². The first-order chi connectivity index (χ1) is 19.2. The molecule has 1 aliphatic heterocycles. The summed E-state index contributed by atoms with van der Waals surface area (Å²) in [6.45, 7) is 2.51. The molecule has 0 N–H and O–H groups in total. The number of benzene rings is 4. The minimum atomic E-state index is -4.20. The van der Waals surface area contributed by atoms with Crippen molar-refractivity contribution in [3.8, 4) is 5.75 Å². The van der Waals surface area contributed by atoms with Crippen molar-refractivity contribution in [2.45, 2.75) is 24.9 Å². The van der Waals surface area contributed by atoms with Gasteiger partial charge < -0.3 is 14.4 Å². The van der Waals surface area contributed by atoms with Gasteiger partial charge in [-0.05, 0) is 54.4 Å². The molecule has 0 spiro atoms. The largest absolute Gasteiger partial charge is 0.497 e. The topological polar surface area (TPSA) is 94.9 Å². The standard InChI is InChI=1S/C31H26N2O6S/c1-19-9-12-23(13-10-19)40(36,37)33-26-14-11-22(38-2)16-24(26)28-27-21(15-25(29(28)33)31(35)39-3)18-32(30(27)34)17-20-7-5-4-6-8-20/h4-16H,17-18H2,1-3H3. The van der Waals surface area contributed by atoms with Crippen molar-refractivity contribution >= 4 is 43.7 Å². The average Bonchev–Trinajstić information content (AvgIpc) is 3.47. The molecule has 8 nitrogen and oxygen atoms in total. The molecular formula is C31H26N2O6S. The summed E-state index contributed by atoms with van der Waals surface area (Å²) in [5.74, 6) is -0.449. The first-order valence-electron chi connectivity index (χ1n) is 12.7. The fourth-order valence-corrected chi connectivity index (χ4v) is 6.95. The van der Waals surface area contributed by atoms with Crippen LogP contribution in [-0.4, -0.2) is 43.4 Å². The van der Waals surface area contributed by atoms with Crippen LogP contribution < -0.4 is 4.74 Å². The molecule has 0 atom stereocenters. The van der Waals surface area contributed by atoms with E-state index in [2.05, 4.69) is 0 Å². The summed E-state index contributed by atoms with van der Waals surface area (Å²) in [4.78, 5) is 28.9. The average molecular weight is 555 g/mol. The summed E-state index contributed by atoms with van der Waals surface area (Å²) < 4.78 is 40.2. The molecule has 202 valence electrons. The minimum absolute atomic E-state index is 0.0565. The first-order valence-corrected chi connectivity index (χ1v) is 14.1. The van der Waals surface area contributed by atoms with Crippen molar-refractivity contribution in [1.82, 2.24) is 8.87 Å². The lowest BCUT2D eigenvalue weighted by Gasteiger charge is -2.15. The van der Waals surface area contributed by atoms with E-state index in [0.29, 0.717) is 39.7 Å². The van der Waals surface area contributed by atoms with Crippen molar-refractivity contribution < 1.29 is 27.5 Å². The highest BCUT2D eigenvalue weighted by atomic mass is 32.2. The lowest BCUT2D eigenvalue weighted by molar-refractivity contribution is 0.0602. The molecule has 0 radical (unpaired) electrons. The van der Waals surface area contributed by atoms with Crippen LogP contribution in [0.5, 0.6) is 5.75 Å². The number of nitrogens with zero attached hydrogens (tertiary/aromatic N) is 2. The van der Waals surface area contributed by atoms with Crippen LogP contribution in [-0.2, 0) is 27.8 Å². The Kier molecular flexibility index (Phi) is 6.11. The van der Waals surface area contributed by atoms with Gasteiger partial charge in [-0.1, -0.05) is 48.0 Å². The monoisotopic (exact) mass is 554 g/mol. The fraction of sp³-hybridized carbons (Fsp3) is 0.161. The predicted molar refractivity (Wildman–Crippen MR) is 151 cm³/mol. The molecule has 1 aliphatic rings. The molecule has 40 heavy (non-hydrogen) atoms. The zero-order valence-corrected chi connectivity index (χ0v) is 23.0. The number of aryl methyl sites for hydroxylation is 1. The SMILES string of the molecule is COC(=O)c1cc2c(c3c4cc(OC)ccc4n(S(=O)(=O)c4ccc(C)cc4)c13)C(=O)N(Cc1ccccc1)C2. The number of amides is 1. The van der Waals surface area contributed by atoms with Crippen LogP contribution in [0.2, 0.25) is 0 Å². The van der Waals surface area contributed by atoms with E-state index in [9.17, 15) is 18.0 Å². The Morgan fingerprint density at radius 3 is 2.35 bits per heavy atom. The van der Waals surface area contributed by atoms with Crippen LogP contribution >= 0.6 is 0 Å². The summed E-state index contributed by atoms with van der Waals surface area (Å²) in [6, 6.07) is 22.7. The number of hydrogen-bond donors (Lipinski definition) is 0. The number of fused-ring (bicyclic) bond motifs is 5. The van der Waals surface area contributed by atoms with E-state index in [1.54, 1.807) is 41.3 Å². The molecule has 0 bridgehead atoms. The van der Waals surface area contributed by atoms with E-state index in [-0.39, 0.29) is 28.4 Å². The lowest BCUT2D eigenvalue weighted by atomic mass is 9.98. The van der Waals surface area contributed by atoms with Crippen molar-refractivity contribution in [3.05, 3.63) is 107 Å². The number of carbonyl (C=O) groups is 2. The van der Waals surface area contributed by atoms with Crippen LogP contribution in [0.15, 0.2) is 83.8 Å². The molecule has 0 saturated heterocycles. The summed E-state index contributed by atoms with van der Waals surface area (Å²) in [7, 11) is -1.44. The number of ether oxygens (including phenoxy) is 2. The van der Waals surface area contributed by atoms with Crippen molar-refractivity contribution in [2.75, 3.05) is 14.2 Å². The molecule has 1 aromatic heterocycles. The Morgan fingerprint density at radius 1 is 0.950 bits per heavy atom. The van der Waals surface area contributed by atoms with Gasteiger partial charge in [0.05, 0.1) is 41.3 Å². The Bertz CT molecular complexity index is 1930. The number of carbonyl (C=O) groups excluding carboxylic acids is 2. The smallest absolute Gasteiger partial charge is 0.340 e. The minimum Gasteiger partial charge on any atom is -0.497 e. The summed E-state index contributed by atoms with van der Waals surface area (Å²) >= 11 is 0. The number of rotatable bonds is 6. The van der Waals surface area contributed by atoms with E-state index in [1.165, 1.54) is 26.4 Å². The quantitative estimate of drug-likeness (QED) is 0.265. The molecule has 1 amide bonds. The van der Waals surface area contributed by atoms with Crippen LogP contribution in [0.3, 0.4) is 0 Å². The number of aromatic nitrogens is 1. The number of methoxy groups -OCH3 is 2. The maximum absolute atomic E-state index is 14.2. The van der Waals surface area contributed by atoms with Crippen molar-refractivity contribution in [1.29, 1.82) is 0 Å². The molecule has 0 unspecified atom stereocenters. The second-order valence-corrected chi connectivity index (χ2v) is 11.6. The molecule has 4 aromatic carbocycles. The molecular weight excluding hydrogens is 528 g/mol. The van der Waals surface area contributed by atoms with Gasteiger partial charge in [-0.3, -0.25) is 4.79 Å². The second-order valence-electron chi connectivity index (χ2n) is 9.79. The normalized spacial score (nSPS) is 13.2. The van der Waals surface area contributed by atoms with E-state index < -0.39 is 16.0 Å². The Morgan fingerprint density at radius 2 is 1.68 bits per heavy atom. The maximum Gasteiger partial charge on any atom is 0.340 e. The van der Waals surface area contributed by atoms with Gasteiger partial charge in [0, 0.05) is 23.9 Å². The highest BCUT2D eigenvalue weighted by molar-refractivity contribution is 7.90. The van der Waals surface area contributed by atoms with Crippen LogP contribution in [0.4, 0.5) is 0 Å². The van der Waals surface area contributed by atoms with Crippen LogP contribution in [0.1, 0.15) is 37.4 Å². The van der Waals surface area contributed by atoms with E-state index in [1.807, 2.05) is 37.3 Å². The Labute approximate surface area is 231 Å². The molecule has 0 aliphatic carbocycles. The summed E-state index contributed by atoms with van der Waals surface area (Å²) in [5.41, 5.74) is 3.35. The zero-order chi connectivity index (χ0) is 28.2. The van der Waals surface area contributed by atoms with E-state index in [0.717, 1.165) is 15.1 Å². The van der Waals surface area contributed by atoms with Crippen molar-refractivity contribution in [2.24, 2.45) is 0 Å². The lowest BCUT2D eigenvalue weighted by Crippen LogP contribution is -2.23. The Balaban J connectivity index is 1.70. The number of esters is 1. The summed E-state index contributed by atoms with van der Waals surface area (Å²) in [5, 5.41) is 0.866. The third kappa shape index (κ3) is 3.93. The van der Waals surface area contributed by atoms with Crippen LogP contribution in [0.25, 0.3) is 21.8 Å². The predicted octanol–water partition coefficient (Wildman–Crippen LogP) is 5.29. The molecule has 6 rings (SSSR count). The maximum atomic E-state index is 14.2. The summed E-state index contributed by atoms with van der Waals surface area (Å²) in [6.07, 6.45) is 0. The van der Waals surface area contributed by atoms with Crippen molar-refractivity contribution in [3.63, 3.8) is 0 Å². The highest BCUT2D eigenvalue weighted by Gasteiger charge is 2.36. The first kappa shape index (κ1) is 25.6. The Hall–Kier alpha value is -4.63. The third-order valence-electron chi connectivity index (χ3n) is 7.32. The fourth-order valence-electron chi connectivity index (χ4n) is 5.41. The van der Waals surface area contributed by atoms with Crippen LogP contribution in [0, 0.1) is 6.92 Å². The highest BCUT2D eigenvalue weighted by Crippen LogP contribution is 2.42. The van der Waals surface area contributed by atoms with Gasteiger partial charge in [-0.15, -0.1) is 0 Å². The van der Waals surface area contributed by atoms with E-state index >= 15 is 0 Å². The van der Waals surface area contributed by atoms with Gasteiger partial charge in [0.1, 0.15) is 5.75 Å². The number of hydrogen-bond acceptors (Lipinski definition) is 6.